The molecule has 5 heteroatoms. The van der Waals surface area contributed by atoms with E-state index in [1.807, 2.05) is 27.7 Å². The Hall–Kier alpha value is -1.56. The summed E-state index contributed by atoms with van der Waals surface area (Å²) < 4.78 is 13.5. The molecule has 9 unspecified atom stereocenters. The smallest absolute Gasteiger partial charge is 0.198 e. The first-order valence-electron chi connectivity index (χ1n) is 13.1. The van der Waals surface area contributed by atoms with Crippen molar-refractivity contribution >= 4 is 11.6 Å². The van der Waals surface area contributed by atoms with Gasteiger partial charge in [0.2, 0.25) is 0 Å². The summed E-state index contributed by atoms with van der Waals surface area (Å²) in [7, 11) is 0. The summed E-state index contributed by atoms with van der Waals surface area (Å²) in [6.45, 7) is 14.7. The van der Waals surface area contributed by atoms with Crippen molar-refractivity contribution in [1.29, 1.82) is 0 Å². The number of hydrogen-bond acceptors (Lipinski definition) is 5. The topological polar surface area (TPSA) is 72.8 Å². The second-order valence-electron chi connectivity index (χ2n) is 12.3. The first-order chi connectivity index (χ1) is 15.9. The van der Waals surface area contributed by atoms with E-state index < -0.39 is 22.9 Å². The summed E-state index contributed by atoms with van der Waals surface area (Å²) in [6.07, 6.45) is 7.69. The highest BCUT2D eigenvalue weighted by atomic mass is 16.7. The third-order valence-corrected chi connectivity index (χ3v) is 10.3. The highest BCUT2D eigenvalue weighted by Crippen LogP contribution is 2.60. The molecule has 4 fully saturated rings. The Balaban J connectivity index is 1.60. The van der Waals surface area contributed by atoms with Gasteiger partial charge in [0.05, 0.1) is 11.7 Å². The summed E-state index contributed by atoms with van der Waals surface area (Å²) in [5.41, 5.74) is 1.92. The number of carbonyl (C=O) groups excluding carboxylic acids is 2. The monoisotopic (exact) mass is 468 g/mol. The van der Waals surface area contributed by atoms with Gasteiger partial charge in [-0.05, 0) is 75.2 Å². The normalized spacial score (nSPS) is 49.2. The van der Waals surface area contributed by atoms with E-state index in [4.69, 9.17) is 9.47 Å². The zero-order valence-corrected chi connectivity index (χ0v) is 21.7. The Morgan fingerprint density at radius 2 is 1.76 bits per heavy atom. The number of hydrogen-bond donors (Lipinski definition) is 1. The van der Waals surface area contributed by atoms with Crippen LogP contribution in [0.2, 0.25) is 0 Å². The highest BCUT2D eigenvalue weighted by Gasteiger charge is 2.66. The van der Waals surface area contributed by atoms with Gasteiger partial charge in [0.15, 0.2) is 17.4 Å². The standard InChI is InChI=1S/C29H40O5/c1-8-21-20(14-23(31)22-13-18(30)11-12-28(21,22)7)25-15(2)19-9-10-24(25)33-29(16(19)3)26(32)17(4)27(5,6)34-29/h8,13-17,19,24-26,32H,9-12H2,1-7H3. The SMILES string of the molecule is CC=C1C(C2C3CCC(C2C)C(C)C2(O3)OC(C)(C)C(C)C2O)=CC(=O)C2=CC(=O)CCC21C. The molecule has 6 aliphatic rings. The molecule has 1 saturated carbocycles. The first kappa shape index (κ1) is 24.1. The van der Waals surface area contributed by atoms with Gasteiger partial charge in [0.1, 0.15) is 6.10 Å². The Labute approximate surface area is 203 Å². The highest BCUT2D eigenvalue weighted by molar-refractivity contribution is 6.13. The van der Waals surface area contributed by atoms with Crippen molar-refractivity contribution in [2.45, 2.75) is 97.7 Å². The van der Waals surface area contributed by atoms with Gasteiger partial charge in [-0.15, -0.1) is 0 Å². The van der Waals surface area contributed by atoms with Crippen molar-refractivity contribution < 1.29 is 24.2 Å². The Bertz CT molecular complexity index is 1020. The molecule has 9 atom stereocenters. The van der Waals surface area contributed by atoms with Crippen molar-refractivity contribution in [3.05, 3.63) is 34.9 Å². The van der Waals surface area contributed by atoms with E-state index in [-0.39, 0.29) is 41.3 Å². The lowest BCUT2D eigenvalue weighted by Crippen LogP contribution is -2.51. The third kappa shape index (κ3) is 3.09. The largest absolute Gasteiger partial charge is 0.387 e. The van der Waals surface area contributed by atoms with Gasteiger partial charge in [-0.1, -0.05) is 33.8 Å². The molecule has 3 aliphatic carbocycles. The van der Waals surface area contributed by atoms with Gasteiger partial charge in [-0.2, -0.15) is 0 Å². The average Bonchev–Trinajstić information content (AvgIpc) is 2.86. The van der Waals surface area contributed by atoms with Crippen molar-refractivity contribution in [1.82, 2.24) is 0 Å². The quantitative estimate of drug-likeness (QED) is 0.590. The second-order valence-corrected chi connectivity index (χ2v) is 12.3. The van der Waals surface area contributed by atoms with Crippen LogP contribution >= 0.6 is 0 Å². The zero-order valence-electron chi connectivity index (χ0n) is 21.7. The minimum absolute atomic E-state index is 0.0315. The lowest BCUT2D eigenvalue weighted by molar-refractivity contribution is -0.308. The maximum Gasteiger partial charge on any atom is 0.198 e. The fourth-order valence-corrected chi connectivity index (χ4v) is 8.02. The number of fused-ring (bicyclic) bond motifs is 3. The van der Waals surface area contributed by atoms with Gasteiger partial charge >= 0.3 is 0 Å². The van der Waals surface area contributed by atoms with Crippen molar-refractivity contribution in [3.8, 4) is 0 Å². The summed E-state index contributed by atoms with van der Waals surface area (Å²) in [5, 5.41) is 11.4. The summed E-state index contributed by atoms with van der Waals surface area (Å²) >= 11 is 0. The lowest BCUT2D eigenvalue weighted by Gasteiger charge is -2.46. The van der Waals surface area contributed by atoms with Crippen LogP contribution in [0.3, 0.4) is 0 Å². The fraction of sp³-hybridized carbons (Fsp3) is 0.724. The van der Waals surface area contributed by atoms with Gasteiger partial charge in [0, 0.05) is 35.2 Å². The van der Waals surface area contributed by atoms with Crippen LogP contribution in [0.5, 0.6) is 0 Å². The number of ether oxygens (including phenoxy) is 2. The minimum atomic E-state index is -1.03. The molecule has 0 amide bonds. The Morgan fingerprint density at radius 3 is 2.38 bits per heavy atom. The van der Waals surface area contributed by atoms with E-state index in [2.05, 4.69) is 26.8 Å². The van der Waals surface area contributed by atoms with Gasteiger partial charge in [0.25, 0.3) is 0 Å². The first-order valence-corrected chi connectivity index (χ1v) is 13.1. The minimum Gasteiger partial charge on any atom is -0.387 e. The van der Waals surface area contributed by atoms with E-state index >= 15 is 0 Å². The van der Waals surface area contributed by atoms with Crippen LogP contribution < -0.4 is 0 Å². The summed E-state index contributed by atoms with van der Waals surface area (Å²) in [5.74, 6) is -0.419. The molecule has 186 valence electrons. The molecule has 34 heavy (non-hydrogen) atoms. The fourth-order valence-electron chi connectivity index (χ4n) is 8.02. The van der Waals surface area contributed by atoms with Gasteiger partial charge < -0.3 is 14.6 Å². The molecule has 3 aliphatic heterocycles. The van der Waals surface area contributed by atoms with E-state index in [9.17, 15) is 14.7 Å². The molecule has 2 bridgehead atoms. The number of allylic oxidation sites excluding steroid dienone is 5. The molecule has 0 aromatic carbocycles. The molecule has 1 N–H and O–H groups in total. The van der Waals surface area contributed by atoms with Crippen LogP contribution in [-0.4, -0.2) is 40.3 Å². The van der Waals surface area contributed by atoms with E-state index in [0.29, 0.717) is 24.3 Å². The van der Waals surface area contributed by atoms with Crippen molar-refractivity contribution in [2.75, 3.05) is 0 Å². The number of ketones is 2. The Morgan fingerprint density at radius 1 is 1.06 bits per heavy atom. The van der Waals surface area contributed by atoms with Crippen molar-refractivity contribution in [2.24, 2.45) is 35.0 Å². The lowest BCUT2D eigenvalue weighted by atomic mass is 9.56. The maximum absolute atomic E-state index is 13.4. The van der Waals surface area contributed by atoms with E-state index in [1.54, 1.807) is 12.2 Å². The molecule has 0 radical (unpaired) electrons. The van der Waals surface area contributed by atoms with E-state index in [1.165, 1.54) is 0 Å². The number of aliphatic hydroxyl groups excluding tert-OH is 1. The molecule has 6 rings (SSSR count). The Kier molecular flexibility index (Phi) is 5.48. The molecule has 3 heterocycles. The maximum atomic E-state index is 13.4. The predicted molar refractivity (Wildman–Crippen MR) is 130 cm³/mol. The molecular formula is C29H40O5. The molecule has 3 saturated heterocycles. The number of rotatable bonds is 1. The summed E-state index contributed by atoms with van der Waals surface area (Å²) in [6, 6.07) is 0. The van der Waals surface area contributed by atoms with Gasteiger partial charge in [-0.3, -0.25) is 9.59 Å². The number of aliphatic hydroxyl groups is 1. The summed E-state index contributed by atoms with van der Waals surface area (Å²) in [4.78, 5) is 25.5. The van der Waals surface area contributed by atoms with Gasteiger partial charge in [-0.25, -0.2) is 0 Å². The van der Waals surface area contributed by atoms with Crippen molar-refractivity contribution in [3.63, 3.8) is 0 Å². The third-order valence-electron chi connectivity index (χ3n) is 10.3. The predicted octanol–water partition coefficient (Wildman–Crippen LogP) is 4.94. The second kappa shape index (κ2) is 7.72. The molecule has 0 aromatic rings. The molecule has 0 aromatic heterocycles. The number of carbonyl (C=O) groups is 2. The van der Waals surface area contributed by atoms with Crippen LogP contribution in [0, 0.1) is 35.0 Å². The van der Waals surface area contributed by atoms with Crippen LogP contribution in [0.15, 0.2) is 34.9 Å². The van der Waals surface area contributed by atoms with Crippen LogP contribution in [0.1, 0.15) is 74.1 Å². The van der Waals surface area contributed by atoms with Crippen LogP contribution in [0.4, 0.5) is 0 Å². The van der Waals surface area contributed by atoms with Crippen LogP contribution in [-0.2, 0) is 19.1 Å². The molecule has 1 spiro atoms. The molecule has 5 nitrogen and oxygen atoms in total. The molecular weight excluding hydrogens is 428 g/mol. The zero-order chi connectivity index (χ0) is 24.8. The van der Waals surface area contributed by atoms with Crippen LogP contribution in [0.25, 0.3) is 0 Å². The average molecular weight is 469 g/mol. The van der Waals surface area contributed by atoms with E-state index in [0.717, 1.165) is 24.0 Å².